The van der Waals surface area contributed by atoms with Crippen molar-refractivity contribution >= 4 is 27.6 Å². The number of carbonyl (C=O) groups is 1. The molecule has 2 aromatic rings. The lowest BCUT2D eigenvalue weighted by Gasteiger charge is -2.20. The van der Waals surface area contributed by atoms with Crippen LogP contribution in [0.15, 0.2) is 59.5 Å². The van der Waals surface area contributed by atoms with Gasteiger partial charge in [0.15, 0.2) is 0 Å². The molecule has 7 heteroatoms. The smallest absolute Gasteiger partial charge is 0.305 e. The molecule has 0 aliphatic rings. The van der Waals surface area contributed by atoms with Gasteiger partial charge in [0, 0.05) is 12.5 Å². The van der Waals surface area contributed by atoms with Crippen LogP contribution in [-0.2, 0) is 19.6 Å². The molecular formula is C21H26ClNO4S. The Labute approximate surface area is 172 Å². The van der Waals surface area contributed by atoms with Crippen LogP contribution in [0.5, 0.6) is 0 Å². The highest BCUT2D eigenvalue weighted by Crippen LogP contribution is 2.26. The minimum atomic E-state index is -3.74. The molecule has 152 valence electrons. The van der Waals surface area contributed by atoms with Crippen molar-refractivity contribution in [3.8, 4) is 0 Å². The first-order valence-corrected chi connectivity index (χ1v) is 11.2. The molecule has 0 aromatic heterocycles. The van der Waals surface area contributed by atoms with Crippen LogP contribution in [0.3, 0.4) is 0 Å². The van der Waals surface area contributed by atoms with E-state index in [-0.39, 0.29) is 21.9 Å². The number of hydrogen-bond donors (Lipinski definition) is 1. The maximum Gasteiger partial charge on any atom is 0.305 e. The zero-order valence-corrected chi connectivity index (χ0v) is 17.5. The Bertz CT molecular complexity index is 856. The fraction of sp³-hybridized carbons (Fsp3) is 0.381. The van der Waals surface area contributed by atoms with E-state index in [0.717, 1.165) is 31.2 Å². The summed E-state index contributed by atoms with van der Waals surface area (Å²) in [5, 5.41) is 0.199. The fourth-order valence-corrected chi connectivity index (χ4v) is 4.74. The molecule has 1 atom stereocenters. The number of esters is 1. The van der Waals surface area contributed by atoms with Crippen molar-refractivity contribution in [1.82, 2.24) is 4.72 Å². The van der Waals surface area contributed by atoms with Crippen LogP contribution in [0.1, 0.15) is 50.1 Å². The topological polar surface area (TPSA) is 72.5 Å². The fourth-order valence-electron chi connectivity index (χ4n) is 2.97. The zero-order chi connectivity index (χ0) is 20.4. The maximum absolute atomic E-state index is 12.8. The van der Waals surface area contributed by atoms with E-state index in [9.17, 15) is 13.2 Å². The highest BCUT2D eigenvalue weighted by atomic mass is 35.5. The molecule has 5 nitrogen and oxygen atoms in total. The zero-order valence-electron chi connectivity index (χ0n) is 15.9. The quantitative estimate of drug-likeness (QED) is 0.413. The van der Waals surface area contributed by atoms with Gasteiger partial charge in [-0.25, -0.2) is 13.1 Å². The first-order valence-electron chi connectivity index (χ1n) is 9.32. The lowest BCUT2D eigenvalue weighted by molar-refractivity contribution is -0.140. The van der Waals surface area contributed by atoms with Crippen molar-refractivity contribution in [3.63, 3.8) is 0 Å². The number of sulfonamides is 1. The minimum Gasteiger partial charge on any atom is -0.469 e. The summed E-state index contributed by atoms with van der Waals surface area (Å²) in [5.41, 5.74) is 0.910. The molecule has 0 aliphatic carbocycles. The first-order chi connectivity index (χ1) is 13.4. The number of methoxy groups -OCH3 is 1. The molecule has 0 spiro atoms. The predicted molar refractivity (Wildman–Crippen MR) is 111 cm³/mol. The van der Waals surface area contributed by atoms with Crippen LogP contribution in [0.4, 0.5) is 0 Å². The van der Waals surface area contributed by atoms with Gasteiger partial charge >= 0.3 is 5.97 Å². The Hall–Kier alpha value is -1.89. The van der Waals surface area contributed by atoms with Crippen molar-refractivity contribution < 1.29 is 17.9 Å². The van der Waals surface area contributed by atoms with Crippen LogP contribution >= 0.6 is 11.6 Å². The first kappa shape index (κ1) is 22.4. The lowest BCUT2D eigenvalue weighted by Crippen LogP contribution is -2.29. The molecule has 0 saturated heterocycles. The van der Waals surface area contributed by atoms with Gasteiger partial charge in [-0.2, -0.15) is 0 Å². The van der Waals surface area contributed by atoms with E-state index in [1.54, 1.807) is 18.2 Å². The van der Waals surface area contributed by atoms with Crippen LogP contribution in [-0.4, -0.2) is 21.5 Å². The Morgan fingerprint density at radius 1 is 1.00 bits per heavy atom. The van der Waals surface area contributed by atoms with Gasteiger partial charge in [-0.15, -0.1) is 0 Å². The molecule has 0 aliphatic heterocycles. The van der Waals surface area contributed by atoms with Crippen LogP contribution in [0.2, 0.25) is 5.02 Å². The minimum absolute atomic E-state index is 0.0793. The van der Waals surface area contributed by atoms with Gasteiger partial charge in [-0.1, -0.05) is 73.3 Å². The summed E-state index contributed by atoms with van der Waals surface area (Å²) in [6.45, 7) is 0. The van der Waals surface area contributed by atoms with Crippen molar-refractivity contribution in [2.24, 2.45) is 0 Å². The average Bonchev–Trinajstić information content (AvgIpc) is 2.70. The number of hydrogen-bond acceptors (Lipinski definition) is 4. The average molecular weight is 424 g/mol. The highest BCUT2D eigenvalue weighted by Gasteiger charge is 2.23. The molecule has 0 amide bonds. The lowest BCUT2D eigenvalue weighted by atomic mass is 10.0. The summed E-state index contributed by atoms with van der Waals surface area (Å²) in [6.07, 6.45) is 4.49. The summed E-state index contributed by atoms with van der Waals surface area (Å²) in [7, 11) is -2.36. The van der Waals surface area contributed by atoms with Gasteiger partial charge in [0.1, 0.15) is 4.90 Å². The number of unbranched alkanes of at least 4 members (excludes halogenated alkanes) is 3. The summed E-state index contributed by atoms with van der Waals surface area (Å²) >= 11 is 6.08. The van der Waals surface area contributed by atoms with Gasteiger partial charge in [0.25, 0.3) is 0 Å². The molecule has 0 heterocycles. The van der Waals surface area contributed by atoms with E-state index in [2.05, 4.69) is 9.46 Å². The predicted octanol–water partition coefficient (Wildman–Crippen LogP) is 4.87. The number of halogens is 1. The number of benzene rings is 2. The summed E-state index contributed by atoms with van der Waals surface area (Å²) < 4.78 is 33.1. The molecule has 0 fully saturated rings. The highest BCUT2D eigenvalue weighted by molar-refractivity contribution is 7.89. The van der Waals surface area contributed by atoms with E-state index in [0.29, 0.717) is 12.8 Å². The molecule has 0 saturated carbocycles. The van der Waals surface area contributed by atoms with Crippen molar-refractivity contribution in [2.75, 3.05) is 7.11 Å². The van der Waals surface area contributed by atoms with Crippen molar-refractivity contribution in [2.45, 2.75) is 49.5 Å². The third-order valence-electron chi connectivity index (χ3n) is 4.48. The third-order valence-corrected chi connectivity index (χ3v) is 6.45. The number of ether oxygens (including phenoxy) is 1. The van der Waals surface area contributed by atoms with E-state index < -0.39 is 10.0 Å². The van der Waals surface area contributed by atoms with Crippen LogP contribution < -0.4 is 4.72 Å². The number of rotatable bonds is 11. The number of nitrogens with one attached hydrogen (secondary N) is 1. The normalized spacial score (nSPS) is 12.5. The molecule has 1 unspecified atom stereocenters. The van der Waals surface area contributed by atoms with E-state index in [1.807, 2.05) is 30.3 Å². The van der Waals surface area contributed by atoms with Crippen molar-refractivity contribution in [1.29, 1.82) is 0 Å². The van der Waals surface area contributed by atoms with Crippen molar-refractivity contribution in [3.05, 3.63) is 65.2 Å². The monoisotopic (exact) mass is 423 g/mol. The van der Waals surface area contributed by atoms with Crippen LogP contribution in [0, 0.1) is 0 Å². The Kier molecular flexibility index (Phi) is 8.96. The molecule has 0 radical (unpaired) electrons. The Morgan fingerprint density at radius 3 is 2.32 bits per heavy atom. The second-order valence-corrected chi connectivity index (χ2v) is 8.63. The van der Waals surface area contributed by atoms with Gasteiger partial charge in [-0.05, 0) is 30.5 Å². The van der Waals surface area contributed by atoms with Gasteiger partial charge in [0.2, 0.25) is 10.0 Å². The second kappa shape index (κ2) is 11.2. The Morgan fingerprint density at radius 2 is 1.64 bits per heavy atom. The van der Waals surface area contributed by atoms with Gasteiger partial charge < -0.3 is 4.74 Å². The van der Waals surface area contributed by atoms with E-state index >= 15 is 0 Å². The SMILES string of the molecule is COC(=O)CCCCCCC(NS(=O)(=O)c1ccccc1Cl)c1ccccc1. The van der Waals surface area contributed by atoms with Crippen LogP contribution in [0.25, 0.3) is 0 Å². The molecular weight excluding hydrogens is 398 g/mol. The standard InChI is InChI=1S/C21H26ClNO4S/c1-27-21(24)16-8-3-2-7-14-19(17-11-5-4-6-12-17)23-28(25,26)20-15-10-9-13-18(20)22/h4-6,9-13,15,19,23H,2-3,7-8,14,16H2,1H3. The largest absolute Gasteiger partial charge is 0.469 e. The van der Waals surface area contributed by atoms with E-state index in [4.69, 9.17) is 11.6 Å². The molecule has 2 aromatic carbocycles. The maximum atomic E-state index is 12.8. The summed E-state index contributed by atoms with van der Waals surface area (Å²) in [6, 6.07) is 15.6. The molecule has 2 rings (SSSR count). The second-order valence-electron chi connectivity index (χ2n) is 6.54. The molecule has 0 bridgehead atoms. The third kappa shape index (κ3) is 6.93. The van der Waals surface area contributed by atoms with Gasteiger partial charge in [-0.3, -0.25) is 4.79 Å². The molecule has 1 N–H and O–H groups in total. The molecule has 28 heavy (non-hydrogen) atoms. The van der Waals surface area contributed by atoms with E-state index in [1.165, 1.54) is 13.2 Å². The Balaban J connectivity index is 2.01. The summed E-state index contributed by atoms with van der Waals surface area (Å²) in [5.74, 6) is -0.199. The number of carbonyl (C=O) groups excluding carboxylic acids is 1. The summed E-state index contributed by atoms with van der Waals surface area (Å²) in [4.78, 5) is 11.2. The van der Waals surface area contributed by atoms with Gasteiger partial charge in [0.05, 0.1) is 12.1 Å².